The van der Waals surface area contributed by atoms with Crippen molar-refractivity contribution in [2.45, 2.75) is 32.4 Å². The van der Waals surface area contributed by atoms with E-state index in [2.05, 4.69) is 5.32 Å². The Hall–Kier alpha value is -1.42. The predicted molar refractivity (Wildman–Crippen MR) is 59.7 cm³/mol. The van der Waals surface area contributed by atoms with Gasteiger partial charge in [-0.2, -0.15) is 0 Å². The normalized spacial score (nSPS) is 14.4. The van der Waals surface area contributed by atoms with Gasteiger partial charge in [-0.1, -0.05) is 12.1 Å². The molecule has 1 unspecified atom stereocenters. The number of carboxylic acids is 1. The third kappa shape index (κ3) is 3.98. The van der Waals surface area contributed by atoms with Crippen molar-refractivity contribution in [3.05, 3.63) is 35.6 Å². The van der Waals surface area contributed by atoms with Gasteiger partial charge in [-0.3, -0.25) is 4.79 Å². The van der Waals surface area contributed by atoms with Crippen LogP contribution in [0.15, 0.2) is 24.3 Å². The summed E-state index contributed by atoms with van der Waals surface area (Å²) in [5.74, 6) is -1.10. The summed E-state index contributed by atoms with van der Waals surface area (Å²) in [6.45, 7) is 3.74. The van der Waals surface area contributed by atoms with E-state index in [1.54, 1.807) is 12.1 Å². The fraction of sp³-hybridized carbons (Fsp3) is 0.417. The maximum Gasteiger partial charge on any atom is 0.304 e. The van der Waals surface area contributed by atoms with Crippen LogP contribution < -0.4 is 5.32 Å². The summed E-state index contributed by atoms with van der Waals surface area (Å²) in [5.41, 5.74) is 0.943. The molecule has 1 aromatic carbocycles. The number of carboxylic acid groups (broad SMARTS) is 1. The lowest BCUT2D eigenvalue weighted by Crippen LogP contribution is -2.30. The van der Waals surface area contributed by atoms with E-state index in [0.717, 1.165) is 5.56 Å². The molecule has 1 aromatic rings. The maximum absolute atomic E-state index is 12.7. The maximum atomic E-state index is 12.7. The SMILES string of the molecule is CC(CC(=O)O)N[C@@H](C)c1ccc(F)cc1. The van der Waals surface area contributed by atoms with E-state index in [0.29, 0.717) is 0 Å². The Morgan fingerprint density at radius 1 is 1.38 bits per heavy atom. The molecule has 16 heavy (non-hydrogen) atoms. The van der Waals surface area contributed by atoms with Crippen molar-refractivity contribution in [1.82, 2.24) is 5.32 Å². The lowest BCUT2D eigenvalue weighted by molar-refractivity contribution is -0.137. The summed E-state index contributed by atoms with van der Waals surface area (Å²) in [4.78, 5) is 10.5. The average molecular weight is 225 g/mol. The van der Waals surface area contributed by atoms with Crippen molar-refractivity contribution in [2.75, 3.05) is 0 Å². The summed E-state index contributed by atoms with van der Waals surface area (Å²) in [6, 6.07) is 6.08. The van der Waals surface area contributed by atoms with E-state index in [9.17, 15) is 9.18 Å². The van der Waals surface area contributed by atoms with E-state index in [4.69, 9.17) is 5.11 Å². The molecule has 0 spiro atoms. The first-order valence-corrected chi connectivity index (χ1v) is 5.22. The Morgan fingerprint density at radius 3 is 2.44 bits per heavy atom. The first-order valence-electron chi connectivity index (χ1n) is 5.22. The third-order valence-corrected chi connectivity index (χ3v) is 2.39. The number of hydrogen-bond donors (Lipinski definition) is 2. The summed E-state index contributed by atoms with van der Waals surface area (Å²) in [5, 5.41) is 11.8. The summed E-state index contributed by atoms with van der Waals surface area (Å²) >= 11 is 0. The Labute approximate surface area is 94.3 Å². The van der Waals surface area contributed by atoms with E-state index < -0.39 is 5.97 Å². The van der Waals surface area contributed by atoms with Crippen LogP contribution in [-0.4, -0.2) is 17.1 Å². The fourth-order valence-electron chi connectivity index (χ4n) is 1.60. The van der Waals surface area contributed by atoms with Gasteiger partial charge in [0.25, 0.3) is 0 Å². The van der Waals surface area contributed by atoms with Gasteiger partial charge in [-0.25, -0.2) is 4.39 Å². The Kier molecular flexibility index (Phi) is 4.43. The molecule has 0 aliphatic heterocycles. The van der Waals surface area contributed by atoms with Crippen LogP contribution in [-0.2, 0) is 4.79 Å². The van der Waals surface area contributed by atoms with Gasteiger partial charge < -0.3 is 10.4 Å². The molecule has 0 amide bonds. The zero-order valence-electron chi connectivity index (χ0n) is 9.40. The standard InChI is InChI=1S/C12H16FNO2/c1-8(7-12(15)16)14-9(2)10-3-5-11(13)6-4-10/h3-6,8-9,14H,7H2,1-2H3,(H,15,16)/t8?,9-/m0/s1. The number of aliphatic carboxylic acids is 1. The molecule has 2 N–H and O–H groups in total. The van der Waals surface area contributed by atoms with Gasteiger partial charge in [0.15, 0.2) is 0 Å². The highest BCUT2D eigenvalue weighted by molar-refractivity contribution is 5.67. The summed E-state index contributed by atoms with van der Waals surface area (Å²) in [6.07, 6.45) is 0.0749. The van der Waals surface area contributed by atoms with Crippen LogP contribution in [0.3, 0.4) is 0 Å². The molecule has 0 fully saturated rings. The first kappa shape index (κ1) is 12.6. The predicted octanol–water partition coefficient (Wildman–Crippen LogP) is 2.34. The van der Waals surface area contributed by atoms with Crippen LogP contribution in [0.5, 0.6) is 0 Å². The van der Waals surface area contributed by atoms with Crippen LogP contribution in [0, 0.1) is 5.82 Å². The number of benzene rings is 1. The monoisotopic (exact) mass is 225 g/mol. The minimum absolute atomic E-state index is 0.00921. The largest absolute Gasteiger partial charge is 0.481 e. The molecule has 2 atom stereocenters. The molecule has 88 valence electrons. The Bertz CT molecular complexity index is 351. The smallest absolute Gasteiger partial charge is 0.304 e. The third-order valence-electron chi connectivity index (χ3n) is 2.39. The topological polar surface area (TPSA) is 49.3 Å². The molecule has 0 aliphatic rings. The van der Waals surface area contributed by atoms with Gasteiger partial charge >= 0.3 is 5.97 Å². The first-order chi connectivity index (χ1) is 7.49. The molecule has 0 bridgehead atoms. The van der Waals surface area contributed by atoms with Gasteiger partial charge in [-0.15, -0.1) is 0 Å². The second kappa shape index (κ2) is 5.61. The molecule has 4 heteroatoms. The molecule has 0 aliphatic carbocycles. The van der Waals surface area contributed by atoms with Crippen molar-refractivity contribution in [3.8, 4) is 0 Å². The van der Waals surface area contributed by atoms with Gasteiger partial charge in [0, 0.05) is 12.1 Å². The van der Waals surface area contributed by atoms with Crippen LogP contribution in [0.1, 0.15) is 31.9 Å². The average Bonchev–Trinajstić information content (AvgIpc) is 2.16. The van der Waals surface area contributed by atoms with Crippen molar-refractivity contribution in [3.63, 3.8) is 0 Å². The zero-order valence-corrected chi connectivity index (χ0v) is 9.40. The summed E-state index contributed by atoms with van der Waals surface area (Å²) in [7, 11) is 0. The highest BCUT2D eigenvalue weighted by Crippen LogP contribution is 2.13. The minimum Gasteiger partial charge on any atom is -0.481 e. The quantitative estimate of drug-likeness (QED) is 0.808. The number of hydrogen-bond acceptors (Lipinski definition) is 2. The van der Waals surface area contributed by atoms with E-state index in [1.165, 1.54) is 12.1 Å². The molecule has 0 saturated heterocycles. The van der Waals surface area contributed by atoms with Gasteiger partial charge in [0.1, 0.15) is 5.82 Å². The van der Waals surface area contributed by atoms with E-state index in [1.807, 2.05) is 13.8 Å². The van der Waals surface area contributed by atoms with Crippen LogP contribution in [0.2, 0.25) is 0 Å². The second-order valence-corrected chi connectivity index (χ2v) is 3.94. The molecule has 0 aromatic heterocycles. The van der Waals surface area contributed by atoms with E-state index in [-0.39, 0.29) is 24.3 Å². The van der Waals surface area contributed by atoms with Crippen LogP contribution in [0.25, 0.3) is 0 Å². The highest BCUT2D eigenvalue weighted by Gasteiger charge is 2.11. The fourth-order valence-corrected chi connectivity index (χ4v) is 1.60. The van der Waals surface area contributed by atoms with Crippen molar-refractivity contribution in [1.29, 1.82) is 0 Å². The number of carbonyl (C=O) groups is 1. The molecule has 0 saturated carbocycles. The molecule has 0 heterocycles. The van der Waals surface area contributed by atoms with Crippen LogP contribution in [0.4, 0.5) is 4.39 Å². The van der Waals surface area contributed by atoms with Gasteiger partial charge in [0.2, 0.25) is 0 Å². The van der Waals surface area contributed by atoms with Gasteiger partial charge in [0.05, 0.1) is 6.42 Å². The van der Waals surface area contributed by atoms with Crippen molar-refractivity contribution >= 4 is 5.97 Å². The van der Waals surface area contributed by atoms with Crippen molar-refractivity contribution in [2.24, 2.45) is 0 Å². The molecular formula is C12H16FNO2. The number of rotatable bonds is 5. The molecule has 3 nitrogen and oxygen atoms in total. The summed E-state index contributed by atoms with van der Waals surface area (Å²) < 4.78 is 12.7. The van der Waals surface area contributed by atoms with Gasteiger partial charge in [-0.05, 0) is 31.5 Å². The van der Waals surface area contributed by atoms with Crippen LogP contribution >= 0.6 is 0 Å². The number of nitrogens with one attached hydrogen (secondary N) is 1. The molecule has 1 rings (SSSR count). The lowest BCUT2D eigenvalue weighted by Gasteiger charge is -2.19. The molecule has 0 radical (unpaired) electrons. The van der Waals surface area contributed by atoms with E-state index >= 15 is 0 Å². The lowest BCUT2D eigenvalue weighted by atomic mass is 10.1. The second-order valence-electron chi connectivity index (χ2n) is 3.94. The Balaban J connectivity index is 2.54. The minimum atomic E-state index is -0.827. The zero-order chi connectivity index (χ0) is 12.1. The Morgan fingerprint density at radius 2 is 1.94 bits per heavy atom. The highest BCUT2D eigenvalue weighted by atomic mass is 19.1. The molecular weight excluding hydrogens is 209 g/mol. The van der Waals surface area contributed by atoms with Crippen molar-refractivity contribution < 1.29 is 14.3 Å². The number of halogens is 1.